The van der Waals surface area contributed by atoms with E-state index in [-0.39, 0.29) is 0 Å². The summed E-state index contributed by atoms with van der Waals surface area (Å²) in [6.07, 6.45) is 5.26. The first-order chi connectivity index (χ1) is 16.1. The molecule has 0 atom stereocenters. The molecule has 4 rings (SSSR count). The van der Waals surface area contributed by atoms with E-state index in [2.05, 4.69) is 21.9 Å². The van der Waals surface area contributed by atoms with E-state index < -0.39 is 11.8 Å². The lowest BCUT2D eigenvalue weighted by molar-refractivity contribution is -0.136. The smallest absolute Gasteiger partial charge is 0.329 e. The molecule has 2 amide bonds. The summed E-state index contributed by atoms with van der Waals surface area (Å²) in [5.41, 5.74) is 5.45. The molecule has 166 valence electrons. The van der Waals surface area contributed by atoms with Crippen LogP contribution < -0.4 is 15.5 Å². The number of amides is 2. The zero-order valence-corrected chi connectivity index (χ0v) is 18.7. The first-order valence-electron chi connectivity index (χ1n) is 10.6. The SMILES string of the molecule is N#Cc1c(NC(=O)C(=O)N/N=C/c2cccc(OCc3ccccc3)c2)sc2c1CCCC2. The lowest BCUT2D eigenvalue weighted by Crippen LogP contribution is -2.32. The maximum Gasteiger partial charge on any atom is 0.329 e. The van der Waals surface area contributed by atoms with E-state index in [9.17, 15) is 14.9 Å². The number of aryl methyl sites for hydroxylation is 1. The molecule has 0 aliphatic heterocycles. The fraction of sp³-hybridized carbons (Fsp3) is 0.200. The summed E-state index contributed by atoms with van der Waals surface area (Å²) in [6, 6.07) is 19.2. The van der Waals surface area contributed by atoms with Gasteiger partial charge in [-0.3, -0.25) is 9.59 Å². The molecule has 1 aliphatic carbocycles. The molecule has 0 saturated heterocycles. The maximum atomic E-state index is 12.3. The standard InChI is InChI=1S/C25H22N4O3S/c26-14-21-20-11-4-5-12-22(20)33-25(21)28-23(30)24(31)29-27-15-18-9-6-10-19(13-18)32-16-17-7-2-1-3-8-17/h1-3,6-10,13,15H,4-5,11-12,16H2,(H,28,30)(H,29,31)/b27-15+. The second-order valence-electron chi connectivity index (χ2n) is 7.53. The summed E-state index contributed by atoms with van der Waals surface area (Å²) in [4.78, 5) is 25.6. The van der Waals surface area contributed by atoms with Crippen molar-refractivity contribution in [2.24, 2.45) is 5.10 Å². The molecule has 3 aromatic rings. The van der Waals surface area contributed by atoms with Crippen molar-refractivity contribution in [3.05, 3.63) is 81.7 Å². The molecule has 8 heteroatoms. The summed E-state index contributed by atoms with van der Waals surface area (Å²) in [5, 5.41) is 16.3. The van der Waals surface area contributed by atoms with Gasteiger partial charge in [0.05, 0.1) is 11.8 Å². The third-order valence-corrected chi connectivity index (χ3v) is 6.41. The van der Waals surface area contributed by atoms with Gasteiger partial charge in [0.2, 0.25) is 0 Å². The number of nitriles is 1. The Hall–Kier alpha value is -3.96. The molecule has 0 unspecified atom stereocenters. The minimum Gasteiger partial charge on any atom is -0.489 e. The third kappa shape index (κ3) is 5.64. The molecule has 0 bridgehead atoms. The number of ether oxygens (including phenoxy) is 1. The zero-order valence-electron chi connectivity index (χ0n) is 17.8. The molecule has 2 aromatic carbocycles. The fourth-order valence-electron chi connectivity index (χ4n) is 3.57. The molecule has 0 saturated carbocycles. The Morgan fingerprint density at radius 1 is 1.09 bits per heavy atom. The number of nitrogens with one attached hydrogen (secondary N) is 2. The van der Waals surface area contributed by atoms with E-state index >= 15 is 0 Å². The number of hydrogen-bond donors (Lipinski definition) is 2. The highest BCUT2D eigenvalue weighted by atomic mass is 32.1. The van der Waals surface area contributed by atoms with Crippen molar-refractivity contribution in [1.82, 2.24) is 5.43 Å². The van der Waals surface area contributed by atoms with Crippen molar-refractivity contribution in [2.45, 2.75) is 32.3 Å². The van der Waals surface area contributed by atoms with Crippen LogP contribution in [0.1, 0.15) is 40.0 Å². The van der Waals surface area contributed by atoms with Crippen LogP contribution in [-0.4, -0.2) is 18.0 Å². The summed E-state index contributed by atoms with van der Waals surface area (Å²) < 4.78 is 5.78. The first kappa shape index (κ1) is 22.2. The van der Waals surface area contributed by atoms with E-state index in [0.29, 0.717) is 28.5 Å². The van der Waals surface area contributed by atoms with Gasteiger partial charge in [0, 0.05) is 4.88 Å². The Kier molecular flexibility index (Phi) is 7.12. The van der Waals surface area contributed by atoms with E-state index in [1.807, 2.05) is 42.5 Å². The van der Waals surface area contributed by atoms with Crippen LogP contribution in [0.25, 0.3) is 0 Å². The Balaban J connectivity index is 1.32. The van der Waals surface area contributed by atoms with Gasteiger partial charge in [-0.2, -0.15) is 10.4 Å². The number of rotatable bonds is 6. The predicted molar refractivity (Wildman–Crippen MR) is 127 cm³/mol. The Morgan fingerprint density at radius 2 is 1.91 bits per heavy atom. The minimum absolute atomic E-state index is 0.428. The first-order valence-corrected chi connectivity index (χ1v) is 11.4. The number of benzene rings is 2. The summed E-state index contributed by atoms with van der Waals surface area (Å²) in [6.45, 7) is 0.440. The average Bonchev–Trinajstić information content (AvgIpc) is 3.20. The van der Waals surface area contributed by atoms with E-state index in [4.69, 9.17) is 4.74 Å². The topological polar surface area (TPSA) is 104 Å². The molecule has 7 nitrogen and oxygen atoms in total. The highest BCUT2D eigenvalue weighted by Gasteiger charge is 2.23. The van der Waals surface area contributed by atoms with E-state index in [1.165, 1.54) is 17.6 Å². The van der Waals surface area contributed by atoms with Crippen LogP contribution in [0.4, 0.5) is 5.00 Å². The van der Waals surface area contributed by atoms with Gasteiger partial charge in [0.15, 0.2) is 0 Å². The number of carbonyl (C=O) groups excluding carboxylic acids is 2. The number of carbonyl (C=O) groups is 2. The number of thiophene rings is 1. The van der Waals surface area contributed by atoms with Crippen LogP contribution in [0.2, 0.25) is 0 Å². The van der Waals surface area contributed by atoms with Gasteiger partial charge in [0.25, 0.3) is 0 Å². The van der Waals surface area contributed by atoms with Gasteiger partial charge in [-0.1, -0.05) is 42.5 Å². The third-order valence-electron chi connectivity index (χ3n) is 5.20. The van der Waals surface area contributed by atoms with Crippen LogP contribution in [-0.2, 0) is 29.0 Å². The normalized spacial score (nSPS) is 12.6. The van der Waals surface area contributed by atoms with Crippen LogP contribution in [0.3, 0.4) is 0 Å². The Bertz CT molecular complexity index is 1230. The molecule has 0 spiro atoms. The average molecular weight is 459 g/mol. The van der Waals surface area contributed by atoms with Crippen molar-refractivity contribution in [2.75, 3.05) is 5.32 Å². The van der Waals surface area contributed by atoms with Gasteiger partial charge in [0.1, 0.15) is 23.4 Å². The van der Waals surface area contributed by atoms with Crippen molar-refractivity contribution in [3.8, 4) is 11.8 Å². The summed E-state index contributed by atoms with van der Waals surface area (Å²) >= 11 is 1.37. The number of hydrazone groups is 1. The molecule has 33 heavy (non-hydrogen) atoms. The number of anilines is 1. The van der Waals surface area contributed by atoms with Crippen LogP contribution >= 0.6 is 11.3 Å². The lowest BCUT2D eigenvalue weighted by atomic mass is 9.96. The van der Waals surface area contributed by atoms with Gasteiger partial charge >= 0.3 is 11.8 Å². The molecule has 0 fully saturated rings. The monoisotopic (exact) mass is 458 g/mol. The number of hydrogen-bond acceptors (Lipinski definition) is 6. The fourth-order valence-corrected chi connectivity index (χ4v) is 4.81. The van der Waals surface area contributed by atoms with Crippen molar-refractivity contribution < 1.29 is 14.3 Å². The molecule has 2 N–H and O–H groups in total. The van der Waals surface area contributed by atoms with Crippen molar-refractivity contribution in [1.29, 1.82) is 5.26 Å². The molecule has 1 aliphatic rings. The Labute approximate surface area is 195 Å². The highest BCUT2D eigenvalue weighted by molar-refractivity contribution is 7.16. The molecule has 1 aromatic heterocycles. The predicted octanol–water partition coefficient (Wildman–Crippen LogP) is 4.17. The second-order valence-corrected chi connectivity index (χ2v) is 8.63. The molecule has 0 radical (unpaired) electrons. The van der Waals surface area contributed by atoms with Crippen LogP contribution in [0.5, 0.6) is 5.75 Å². The highest BCUT2D eigenvalue weighted by Crippen LogP contribution is 2.37. The van der Waals surface area contributed by atoms with Gasteiger partial charge in [-0.25, -0.2) is 5.43 Å². The van der Waals surface area contributed by atoms with Gasteiger partial charge in [-0.05, 0) is 54.5 Å². The lowest BCUT2D eigenvalue weighted by Gasteiger charge is -2.09. The largest absolute Gasteiger partial charge is 0.489 e. The van der Waals surface area contributed by atoms with Crippen LogP contribution in [0, 0.1) is 11.3 Å². The molecule has 1 heterocycles. The van der Waals surface area contributed by atoms with Gasteiger partial charge in [-0.15, -0.1) is 11.3 Å². The van der Waals surface area contributed by atoms with Crippen molar-refractivity contribution >= 4 is 34.4 Å². The van der Waals surface area contributed by atoms with E-state index in [0.717, 1.165) is 41.7 Å². The van der Waals surface area contributed by atoms with Crippen LogP contribution in [0.15, 0.2) is 59.7 Å². The maximum absolute atomic E-state index is 12.3. The summed E-state index contributed by atoms with van der Waals surface area (Å²) in [5.74, 6) is -1.10. The zero-order chi connectivity index (χ0) is 23.0. The second kappa shape index (κ2) is 10.6. The Morgan fingerprint density at radius 3 is 2.73 bits per heavy atom. The minimum atomic E-state index is -0.905. The summed E-state index contributed by atoms with van der Waals surface area (Å²) in [7, 11) is 0. The van der Waals surface area contributed by atoms with Gasteiger partial charge < -0.3 is 10.1 Å². The van der Waals surface area contributed by atoms with E-state index in [1.54, 1.807) is 12.1 Å². The number of nitrogens with zero attached hydrogens (tertiary/aromatic N) is 2. The van der Waals surface area contributed by atoms with Crippen molar-refractivity contribution in [3.63, 3.8) is 0 Å². The molecular weight excluding hydrogens is 436 g/mol. The quantitative estimate of drug-likeness (QED) is 0.329. The number of fused-ring (bicyclic) bond motifs is 1. The molecular formula is C25H22N4O3S.